The van der Waals surface area contributed by atoms with E-state index in [0.717, 1.165) is 49.9 Å². The molecule has 6 rings (SSSR count). The SMILES string of the molecule is COc1ccc(CN(CCCC(=O)OC(C)(C)C)c2cc(Cl)ccc2C=O)cc1.COc1ccc(CN(CCCC(=O)OC(C)(C)C)c2cc(Cl)ccc2CN2CCN(C(=O)OC(C(F)(F)F)C(F)(F)F)CC2)cc1.O=C(OC(C(F)(F)F)C(F)(F)F)N1CCNCC1. The lowest BCUT2D eigenvalue weighted by Gasteiger charge is -2.36. The monoisotopic (exact) mass is 1380 g/mol. The van der Waals surface area contributed by atoms with E-state index in [1.54, 1.807) is 65.3 Å². The van der Waals surface area contributed by atoms with Gasteiger partial charge in [0.1, 0.15) is 22.7 Å². The van der Waals surface area contributed by atoms with Crippen molar-refractivity contribution in [1.29, 1.82) is 0 Å². The van der Waals surface area contributed by atoms with E-state index in [4.69, 9.17) is 42.1 Å². The number of nitrogens with zero attached hydrogens (tertiary/aromatic N) is 5. The topological polar surface area (TPSA) is 169 Å². The van der Waals surface area contributed by atoms with E-state index in [-0.39, 0.29) is 70.7 Å². The van der Waals surface area contributed by atoms with E-state index < -0.39 is 60.3 Å². The van der Waals surface area contributed by atoms with E-state index in [1.165, 1.54) is 0 Å². The van der Waals surface area contributed by atoms with Crippen molar-refractivity contribution in [1.82, 2.24) is 20.0 Å². The highest BCUT2D eigenvalue weighted by Gasteiger charge is 2.61. The van der Waals surface area contributed by atoms with Crippen molar-refractivity contribution in [3.63, 3.8) is 0 Å². The number of carbonyl (C=O) groups excluding carboxylic acids is 5. The normalized spacial score (nSPS) is 14.2. The zero-order chi connectivity index (χ0) is 69.7. The molecule has 31 heteroatoms. The molecule has 0 spiro atoms. The molecule has 0 unspecified atom stereocenters. The van der Waals surface area contributed by atoms with E-state index in [9.17, 15) is 76.7 Å². The van der Waals surface area contributed by atoms with Crippen molar-refractivity contribution in [3.05, 3.63) is 117 Å². The molecular weight excluding hydrogens is 1300 g/mol. The quantitative estimate of drug-likeness (QED) is 0.0362. The van der Waals surface area contributed by atoms with Gasteiger partial charge in [-0.3, -0.25) is 19.3 Å². The number of esters is 2. The molecule has 0 aliphatic carbocycles. The third-order valence-electron chi connectivity index (χ3n) is 13.4. The summed E-state index contributed by atoms with van der Waals surface area (Å²) in [5, 5.41) is 3.82. The second-order valence-electron chi connectivity index (χ2n) is 23.2. The Balaban J connectivity index is 0.000000332. The molecule has 4 aromatic carbocycles. The third kappa shape index (κ3) is 27.8. The molecular formula is C62H76Cl2F12N6O11. The van der Waals surface area contributed by atoms with Crippen LogP contribution in [0.4, 0.5) is 73.6 Å². The summed E-state index contributed by atoms with van der Waals surface area (Å²) in [4.78, 5) is 67.1. The van der Waals surface area contributed by atoms with E-state index in [1.807, 2.05) is 80.3 Å². The van der Waals surface area contributed by atoms with Crippen LogP contribution in [0.15, 0.2) is 84.9 Å². The van der Waals surface area contributed by atoms with Crippen molar-refractivity contribution in [2.24, 2.45) is 0 Å². The zero-order valence-electron chi connectivity index (χ0n) is 52.4. The number of halogens is 14. The summed E-state index contributed by atoms with van der Waals surface area (Å²) in [6.07, 6.45) is -32.1. The number of carbonyl (C=O) groups is 5. The van der Waals surface area contributed by atoms with Gasteiger partial charge in [0, 0.05) is 125 Å². The van der Waals surface area contributed by atoms with Crippen molar-refractivity contribution < 1.29 is 105 Å². The van der Waals surface area contributed by atoms with Crippen LogP contribution in [-0.4, -0.2) is 173 Å². The van der Waals surface area contributed by atoms with Gasteiger partial charge in [0.05, 0.1) is 14.2 Å². The van der Waals surface area contributed by atoms with Gasteiger partial charge in [-0.15, -0.1) is 0 Å². The highest BCUT2D eigenvalue weighted by Crippen LogP contribution is 2.38. The highest BCUT2D eigenvalue weighted by molar-refractivity contribution is 6.31. The molecule has 2 saturated heterocycles. The molecule has 2 aliphatic rings. The molecule has 0 radical (unpaired) electrons. The summed E-state index contributed by atoms with van der Waals surface area (Å²) in [7, 11) is 3.20. The molecule has 518 valence electrons. The first-order valence-corrected chi connectivity index (χ1v) is 29.8. The van der Waals surface area contributed by atoms with E-state index in [2.05, 4.69) is 24.6 Å². The minimum Gasteiger partial charge on any atom is -0.497 e. The molecule has 2 heterocycles. The molecule has 2 fully saturated rings. The summed E-state index contributed by atoms with van der Waals surface area (Å²) in [5.74, 6) is 0.917. The molecule has 4 aromatic rings. The molecule has 1 N–H and O–H groups in total. The van der Waals surface area contributed by atoms with Gasteiger partial charge in [0.2, 0.25) is 0 Å². The van der Waals surface area contributed by atoms with Gasteiger partial charge in [-0.1, -0.05) is 53.5 Å². The number of benzene rings is 4. The van der Waals surface area contributed by atoms with Crippen LogP contribution in [0.5, 0.6) is 11.5 Å². The number of anilines is 2. The van der Waals surface area contributed by atoms with Crippen LogP contribution >= 0.6 is 23.2 Å². The molecule has 17 nitrogen and oxygen atoms in total. The molecule has 0 aromatic heterocycles. The Hall–Kier alpha value is -7.11. The lowest BCUT2D eigenvalue weighted by molar-refractivity contribution is -0.309. The Morgan fingerprint density at radius 3 is 1.29 bits per heavy atom. The Bertz CT molecular complexity index is 3000. The first-order valence-electron chi connectivity index (χ1n) is 29.0. The number of amides is 2. The number of hydrogen-bond acceptors (Lipinski definition) is 15. The maximum Gasteiger partial charge on any atom is 0.434 e. The smallest absolute Gasteiger partial charge is 0.434 e. The number of rotatable bonds is 21. The fraction of sp³-hybridized carbons (Fsp3) is 0.532. The fourth-order valence-corrected chi connectivity index (χ4v) is 9.44. The first-order chi connectivity index (χ1) is 43.2. The number of ether oxygens (including phenoxy) is 6. The van der Waals surface area contributed by atoms with Crippen LogP contribution in [0.1, 0.15) is 94.3 Å². The van der Waals surface area contributed by atoms with Crippen molar-refractivity contribution >= 4 is 65.0 Å². The van der Waals surface area contributed by atoms with Crippen LogP contribution in [0.25, 0.3) is 0 Å². The van der Waals surface area contributed by atoms with Gasteiger partial charge in [0.15, 0.2) is 6.29 Å². The van der Waals surface area contributed by atoms with Crippen molar-refractivity contribution in [3.8, 4) is 11.5 Å². The number of aldehydes is 1. The average Bonchev–Trinajstić information content (AvgIpc) is 0.874. The minimum atomic E-state index is -5.79. The van der Waals surface area contributed by atoms with Gasteiger partial charge in [-0.25, -0.2) is 9.59 Å². The Kier molecular flexibility index (Phi) is 29.4. The first kappa shape index (κ1) is 78.3. The van der Waals surface area contributed by atoms with Gasteiger partial charge in [0.25, 0.3) is 12.2 Å². The van der Waals surface area contributed by atoms with E-state index >= 15 is 0 Å². The number of hydrogen-bond donors (Lipinski definition) is 1. The molecule has 0 saturated carbocycles. The van der Waals surface area contributed by atoms with Gasteiger partial charge >= 0.3 is 48.8 Å². The Morgan fingerprint density at radius 2 is 0.914 bits per heavy atom. The van der Waals surface area contributed by atoms with Gasteiger partial charge in [-0.05, 0) is 126 Å². The predicted octanol–water partition coefficient (Wildman–Crippen LogP) is 14.0. The maximum absolute atomic E-state index is 12.9. The van der Waals surface area contributed by atoms with Gasteiger partial charge in [-0.2, -0.15) is 52.7 Å². The highest BCUT2D eigenvalue weighted by atomic mass is 35.5. The Labute approximate surface area is 541 Å². The lowest BCUT2D eigenvalue weighted by atomic mass is 10.1. The average molecular weight is 1380 g/mol. The van der Waals surface area contributed by atoms with Crippen LogP contribution in [0.3, 0.4) is 0 Å². The summed E-state index contributed by atoms with van der Waals surface area (Å²) < 4.78 is 179. The van der Waals surface area contributed by atoms with Crippen LogP contribution in [0.2, 0.25) is 10.0 Å². The summed E-state index contributed by atoms with van der Waals surface area (Å²) in [6, 6.07) is 25.8. The van der Waals surface area contributed by atoms with Crippen molar-refractivity contribution in [2.45, 2.75) is 135 Å². The largest absolute Gasteiger partial charge is 0.497 e. The maximum atomic E-state index is 12.9. The second kappa shape index (κ2) is 34.9. The van der Waals surface area contributed by atoms with E-state index in [0.29, 0.717) is 73.3 Å². The van der Waals surface area contributed by atoms with Crippen LogP contribution in [0, 0.1) is 0 Å². The summed E-state index contributed by atoms with van der Waals surface area (Å²) in [5.41, 5.74) is 3.84. The zero-order valence-corrected chi connectivity index (χ0v) is 53.9. The standard InChI is InChI=1S/C31H38ClF6N3O5.C23H28ClNO4.C8H10F6N2O2/c1-29(2,3)46-26(42)6-5-13-41(19-21-7-11-24(44-4)12-8-21)25-18-23(32)10-9-22(25)20-39-14-16-40(17-15-39)28(43)45-27(30(33,34)35)31(36,37)38;1-23(2,3)29-22(27)6-5-13-25(15-17-7-11-20(28-4)12-8-17)21-14-19(24)10-9-18(21)16-26;9-7(10,11)5(8(12,13)14)18-6(17)16-3-1-15-2-4-16/h7-12,18,27H,5-6,13-17,19-20H2,1-4H3;7-12,14,16H,5-6,13,15H2,1-4H3;5,15H,1-4H2. The summed E-state index contributed by atoms with van der Waals surface area (Å²) >= 11 is 12.6. The van der Waals surface area contributed by atoms with Crippen LogP contribution in [-0.2, 0) is 48.2 Å². The number of nitrogens with one attached hydrogen (secondary N) is 1. The second-order valence-corrected chi connectivity index (χ2v) is 24.1. The summed E-state index contributed by atoms with van der Waals surface area (Å²) in [6.45, 7) is 14.0. The molecule has 0 atom stereocenters. The molecule has 2 amide bonds. The molecule has 0 bridgehead atoms. The van der Waals surface area contributed by atoms with Crippen LogP contribution < -0.4 is 24.6 Å². The molecule has 2 aliphatic heterocycles. The third-order valence-corrected chi connectivity index (χ3v) is 13.9. The Morgan fingerprint density at radius 1 is 0.538 bits per heavy atom. The molecule has 93 heavy (non-hydrogen) atoms. The number of alkyl halides is 12. The van der Waals surface area contributed by atoms with Crippen molar-refractivity contribution in [2.75, 3.05) is 89.5 Å². The predicted molar refractivity (Wildman–Crippen MR) is 323 cm³/mol. The lowest BCUT2D eigenvalue weighted by Crippen LogP contribution is -2.52. The fourth-order valence-electron chi connectivity index (χ4n) is 9.11. The number of piperazine rings is 2. The van der Waals surface area contributed by atoms with Gasteiger partial charge < -0.3 is 53.3 Å². The number of methoxy groups -OCH3 is 2. The minimum absolute atomic E-state index is 0.00126.